The lowest BCUT2D eigenvalue weighted by Crippen LogP contribution is -2.55. The molecule has 0 aliphatic rings. The number of carbonyl (C=O) groups is 4. The van der Waals surface area contributed by atoms with Gasteiger partial charge in [-0.1, -0.05) is 34.6 Å². The van der Waals surface area contributed by atoms with E-state index in [9.17, 15) is 37.8 Å². The number of ether oxygens (including phenoxy) is 1. The summed E-state index contributed by atoms with van der Waals surface area (Å²) in [5.41, 5.74) is 0.364. The van der Waals surface area contributed by atoms with Crippen LogP contribution in [0.2, 0.25) is 0 Å². The number of sulfone groups is 1. The number of aromatic nitrogens is 1. The van der Waals surface area contributed by atoms with Crippen molar-refractivity contribution in [3.05, 3.63) is 17.3 Å². The van der Waals surface area contributed by atoms with Crippen LogP contribution in [0.4, 0.5) is 4.79 Å². The van der Waals surface area contributed by atoms with Crippen molar-refractivity contribution in [1.29, 1.82) is 0 Å². The summed E-state index contributed by atoms with van der Waals surface area (Å²) in [4.78, 5) is 53.8. The molecule has 0 bridgehead atoms. The number of aliphatic hydroxyl groups excluding tert-OH is 1. The first-order valence-corrected chi connectivity index (χ1v) is 15.4. The Morgan fingerprint density at radius 2 is 1.59 bits per heavy atom. The standard InChI is InChI=1S/C26H44N4O10S/c1-13(2)9-18(21(31)10-15(5)23(32)30-22(14(3)4)25(34)35)28-24(33)20(12-41(8,37)38)29-26(36)39-11-19-16(6)40-17(7)27-19/h13-15,18,20-22,31H,9-12H2,1-8H3,(H,28,33)(H,29,36)(H,30,32)(H,34,35)/t15-,18-,20+,21+,22-/m1/s1. The third-order valence-electron chi connectivity index (χ3n) is 6.21. The van der Waals surface area contributed by atoms with Crippen molar-refractivity contribution in [2.24, 2.45) is 17.8 Å². The van der Waals surface area contributed by atoms with Gasteiger partial charge in [-0.2, -0.15) is 0 Å². The van der Waals surface area contributed by atoms with E-state index in [1.807, 2.05) is 13.8 Å². The highest BCUT2D eigenvalue weighted by Crippen LogP contribution is 2.17. The quantitative estimate of drug-likeness (QED) is 0.180. The number of hydrogen-bond donors (Lipinski definition) is 5. The van der Waals surface area contributed by atoms with Crippen molar-refractivity contribution in [1.82, 2.24) is 20.9 Å². The van der Waals surface area contributed by atoms with E-state index in [2.05, 4.69) is 20.9 Å². The number of carboxylic acid groups (broad SMARTS) is 1. The Labute approximate surface area is 240 Å². The normalized spacial score (nSPS) is 15.5. The van der Waals surface area contributed by atoms with Crippen LogP contribution in [0.3, 0.4) is 0 Å². The Morgan fingerprint density at radius 1 is 0.976 bits per heavy atom. The van der Waals surface area contributed by atoms with Crippen molar-refractivity contribution < 1.29 is 47.0 Å². The van der Waals surface area contributed by atoms with Gasteiger partial charge in [-0.3, -0.25) is 9.59 Å². The van der Waals surface area contributed by atoms with Gasteiger partial charge in [0.15, 0.2) is 5.89 Å². The maximum atomic E-state index is 13.2. The zero-order chi connectivity index (χ0) is 31.7. The molecule has 1 aromatic rings. The van der Waals surface area contributed by atoms with Gasteiger partial charge >= 0.3 is 12.1 Å². The molecule has 0 radical (unpaired) electrons. The summed E-state index contributed by atoms with van der Waals surface area (Å²) in [6.45, 7) is 11.5. The molecule has 5 atom stereocenters. The fourth-order valence-electron chi connectivity index (χ4n) is 4.06. The molecule has 41 heavy (non-hydrogen) atoms. The van der Waals surface area contributed by atoms with Crippen LogP contribution < -0.4 is 16.0 Å². The van der Waals surface area contributed by atoms with Crippen LogP contribution in [0.1, 0.15) is 64.8 Å². The van der Waals surface area contributed by atoms with Crippen molar-refractivity contribution in [2.75, 3.05) is 12.0 Å². The lowest BCUT2D eigenvalue weighted by atomic mass is 9.92. The second-order valence-electron chi connectivity index (χ2n) is 11.1. The van der Waals surface area contributed by atoms with Crippen LogP contribution in [0.25, 0.3) is 0 Å². The van der Waals surface area contributed by atoms with Gasteiger partial charge in [0.05, 0.1) is 17.9 Å². The third-order valence-corrected chi connectivity index (χ3v) is 7.15. The largest absolute Gasteiger partial charge is 0.480 e. The SMILES string of the molecule is Cc1nc(COC(=O)N[C@@H](CS(C)(=O)=O)C(=O)N[C@H](CC(C)C)[C@@H](O)C[C@@H](C)C(=O)N[C@@H](C(=O)O)C(C)C)c(C)o1. The van der Waals surface area contributed by atoms with Gasteiger partial charge < -0.3 is 35.3 Å². The molecular weight excluding hydrogens is 560 g/mol. The fraction of sp³-hybridized carbons (Fsp3) is 0.731. The van der Waals surface area contributed by atoms with Gasteiger partial charge in [0, 0.05) is 19.1 Å². The van der Waals surface area contributed by atoms with Crippen molar-refractivity contribution in [2.45, 2.75) is 92.1 Å². The molecule has 234 valence electrons. The highest BCUT2D eigenvalue weighted by atomic mass is 32.2. The van der Waals surface area contributed by atoms with E-state index in [-0.39, 0.29) is 31.3 Å². The number of nitrogens with one attached hydrogen (secondary N) is 3. The topological polar surface area (TPSA) is 214 Å². The number of aliphatic hydroxyl groups is 1. The second-order valence-corrected chi connectivity index (χ2v) is 13.3. The van der Waals surface area contributed by atoms with Crippen LogP contribution >= 0.6 is 0 Å². The number of hydrogen-bond acceptors (Lipinski definition) is 10. The van der Waals surface area contributed by atoms with E-state index in [4.69, 9.17) is 9.15 Å². The van der Waals surface area contributed by atoms with Crippen molar-refractivity contribution >= 4 is 33.7 Å². The van der Waals surface area contributed by atoms with Crippen LogP contribution in [0.15, 0.2) is 4.42 Å². The average molecular weight is 605 g/mol. The summed E-state index contributed by atoms with van der Waals surface area (Å²) in [5, 5.41) is 27.6. The monoisotopic (exact) mass is 604 g/mol. The summed E-state index contributed by atoms with van der Waals surface area (Å²) in [7, 11) is -3.74. The van der Waals surface area contributed by atoms with Crippen LogP contribution in [-0.2, 0) is 35.6 Å². The third kappa shape index (κ3) is 12.9. The summed E-state index contributed by atoms with van der Waals surface area (Å²) in [5.74, 6) is -3.72. The van der Waals surface area contributed by atoms with E-state index in [1.54, 1.807) is 27.7 Å². The van der Waals surface area contributed by atoms with E-state index in [0.717, 1.165) is 6.26 Å². The smallest absolute Gasteiger partial charge is 0.408 e. The average Bonchev–Trinajstić information content (AvgIpc) is 3.14. The summed E-state index contributed by atoms with van der Waals surface area (Å²) >= 11 is 0. The number of alkyl carbamates (subject to hydrolysis) is 1. The van der Waals surface area contributed by atoms with Crippen LogP contribution in [0, 0.1) is 31.6 Å². The zero-order valence-electron chi connectivity index (χ0n) is 24.9. The fourth-order valence-corrected chi connectivity index (χ4v) is 4.90. The molecule has 1 aromatic heterocycles. The Bertz CT molecular complexity index is 1160. The summed E-state index contributed by atoms with van der Waals surface area (Å²) < 4.78 is 34.4. The number of oxazole rings is 1. The Morgan fingerprint density at radius 3 is 2.05 bits per heavy atom. The van der Waals surface area contributed by atoms with Gasteiger partial charge in [-0.15, -0.1) is 0 Å². The van der Waals surface area contributed by atoms with Gasteiger partial charge in [0.25, 0.3) is 0 Å². The zero-order valence-corrected chi connectivity index (χ0v) is 25.7. The molecule has 0 aliphatic carbocycles. The minimum Gasteiger partial charge on any atom is -0.480 e. The predicted octanol–water partition coefficient (Wildman–Crippen LogP) is 1.07. The molecule has 0 fully saturated rings. The van der Waals surface area contributed by atoms with E-state index < -0.39 is 69.6 Å². The first kappa shape index (κ1) is 35.8. The Hall–Kier alpha value is -3.20. The maximum Gasteiger partial charge on any atom is 0.408 e. The molecule has 0 spiro atoms. The minimum atomic E-state index is -3.74. The second kappa shape index (κ2) is 15.7. The number of carboxylic acids is 1. The number of aliphatic carboxylic acids is 1. The Kier molecular flexibility index (Phi) is 13.7. The molecule has 5 N–H and O–H groups in total. The summed E-state index contributed by atoms with van der Waals surface area (Å²) in [6.07, 6.45) is -1.24. The molecular formula is C26H44N4O10S. The number of amides is 3. The highest BCUT2D eigenvalue weighted by molar-refractivity contribution is 7.90. The molecule has 0 saturated carbocycles. The number of rotatable bonds is 16. The molecule has 14 nitrogen and oxygen atoms in total. The number of aryl methyl sites for hydroxylation is 2. The number of carbonyl (C=O) groups excluding carboxylic acids is 3. The van der Waals surface area contributed by atoms with E-state index >= 15 is 0 Å². The molecule has 0 aromatic carbocycles. The van der Waals surface area contributed by atoms with Crippen LogP contribution in [0.5, 0.6) is 0 Å². The molecule has 1 heterocycles. The molecule has 3 amide bonds. The van der Waals surface area contributed by atoms with Gasteiger partial charge in [-0.25, -0.2) is 23.0 Å². The molecule has 0 saturated heterocycles. The first-order chi connectivity index (χ1) is 18.8. The molecule has 1 rings (SSSR count). The van der Waals surface area contributed by atoms with Gasteiger partial charge in [-0.05, 0) is 31.6 Å². The lowest BCUT2D eigenvalue weighted by Gasteiger charge is -2.29. The molecule has 0 unspecified atom stereocenters. The highest BCUT2D eigenvalue weighted by Gasteiger charge is 2.33. The van der Waals surface area contributed by atoms with E-state index in [0.29, 0.717) is 17.3 Å². The maximum absolute atomic E-state index is 13.2. The van der Waals surface area contributed by atoms with Gasteiger partial charge in [0.1, 0.15) is 40.0 Å². The van der Waals surface area contributed by atoms with Gasteiger partial charge in [0.2, 0.25) is 11.8 Å². The summed E-state index contributed by atoms with van der Waals surface area (Å²) in [6, 6.07) is -3.55. The van der Waals surface area contributed by atoms with Crippen LogP contribution in [-0.4, -0.2) is 83.7 Å². The minimum absolute atomic E-state index is 0.0168. The van der Waals surface area contributed by atoms with Crippen molar-refractivity contribution in [3.8, 4) is 0 Å². The lowest BCUT2D eigenvalue weighted by molar-refractivity contribution is -0.143. The van der Waals surface area contributed by atoms with E-state index in [1.165, 1.54) is 6.92 Å². The van der Waals surface area contributed by atoms with Crippen molar-refractivity contribution in [3.63, 3.8) is 0 Å². The predicted molar refractivity (Wildman–Crippen MR) is 148 cm³/mol. The molecule has 15 heteroatoms. The Balaban J connectivity index is 2.97. The number of nitrogens with zero attached hydrogens (tertiary/aromatic N) is 1. The first-order valence-electron chi connectivity index (χ1n) is 13.4. The molecule has 0 aliphatic heterocycles.